The highest BCUT2D eigenvalue weighted by molar-refractivity contribution is 8.14. The van der Waals surface area contributed by atoms with Crippen LogP contribution in [0.3, 0.4) is 0 Å². The molecular formula is C30H44O9S. The van der Waals surface area contributed by atoms with Crippen LogP contribution in [0.1, 0.15) is 130 Å². The smallest absolute Gasteiger partial charge is 0.186 e. The fourth-order valence-electron chi connectivity index (χ4n) is 3.85. The van der Waals surface area contributed by atoms with Crippen LogP contribution in [0.15, 0.2) is 0 Å². The summed E-state index contributed by atoms with van der Waals surface area (Å²) >= 11 is 1.15. The first-order valence-electron chi connectivity index (χ1n) is 14.1. The first-order chi connectivity index (χ1) is 18.8. The minimum Gasteiger partial charge on any atom is -0.300 e. The van der Waals surface area contributed by atoms with Gasteiger partial charge in [0.05, 0.1) is 0 Å². The summed E-state index contributed by atoms with van der Waals surface area (Å²) in [6, 6.07) is 0. The average molecular weight is 581 g/mol. The molecule has 0 saturated carbocycles. The second-order valence-electron chi connectivity index (χ2n) is 10.2. The second kappa shape index (κ2) is 22.1. The van der Waals surface area contributed by atoms with Crippen LogP contribution < -0.4 is 0 Å². The molecule has 0 aliphatic rings. The molecule has 0 amide bonds. The lowest BCUT2D eigenvalue weighted by molar-refractivity contribution is -0.128. The van der Waals surface area contributed by atoms with Crippen molar-refractivity contribution in [1.82, 2.24) is 0 Å². The Balaban J connectivity index is 4.04. The van der Waals surface area contributed by atoms with E-state index in [1.807, 2.05) is 6.92 Å². The van der Waals surface area contributed by atoms with E-state index in [1.54, 1.807) is 0 Å². The summed E-state index contributed by atoms with van der Waals surface area (Å²) in [5.74, 6) is -1.45. The van der Waals surface area contributed by atoms with E-state index in [0.717, 1.165) is 24.6 Å². The maximum Gasteiger partial charge on any atom is 0.186 e. The highest BCUT2D eigenvalue weighted by Gasteiger charge is 2.18. The monoisotopic (exact) mass is 580 g/mol. The maximum absolute atomic E-state index is 12.2. The van der Waals surface area contributed by atoms with E-state index >= 15 is 0 Å². The summed E-state index contributed by atoms with van der Waals surface area (Å²) in [7, 11) is 0. The quantitative estimate of drug-likeness (QED) is 0.139. The van der Waals surface area contributed by atoms with E-state index in [2.05, 4.69) is 0 Å². The molecule has 0 rings (SSSR count). The highest BCUT2D eigenvalue weighted by atomic mass is 32.2. The summed E-state index contributed by atoms with van der Waals surface area (Å²) in [6.07, 6.45) is 2.27. The number of hydrogen-bond acceptors (Lipinski definition) is 10. The summed E-state index contributed by atoms with van der Waals surface area (Å²) in [4.78, 5) is 106. The van der Waals surface area contributed by atoms with Crippen LogP contribution in [0.25, 0.3) is 0 Å². The molecule has 0 saturated heterocycles. The van der Waals surface area contributed by atoms with Gasteiger partial charge in [-0.2, -0.15) is 0 Å². The number of hydrogen-bond donors (Lipinski definition) is 0. The lowest BCUT2D eigenvalue weighted by Crippen LogP contribution is -2.14. The second-order valence-corrected chi connectivity index (χ2v) is 11.7. The van der Waals surface area contributed by atoms with Crippen LogP contribution in [0.4, 0.5) is 0 Å². The molecule has 10 heteroatoms. The molecule has 1 unspecified atom stereocenters. The highest BCUT2D eigenvalue weighted by Crippen LogP contribution is 2.22. The van der Waals surface area contributed by atoms with Gasteiger partial charge in [0.2, 0.25) is 0 Å². The molecule has 0 aliphatic heterocycles. The zero-order valence-corrected chi connectivity index (χ0v) is 25.0. The normalized spacial score (nSPS) is 11.5. The van der Waals surface area contributed by atoms with Gasteiger partial charge >= 0.3 is 0 Å². The van der Waals surface area contributed by atoms with Crippen molar-refractivity contribution in [3.05, 3.63) is 0 Å². The summed E-state index contributed by atoms with van der Waals surface area (Å²) in [5, 5.41) is -0.114. The molecule has 0 heterocycles. The molecule has 0 aromatic carbocycles. The Morgan fingerprint density at radius 1 is 0.450 bits per heavy atom. The standard InChI is InChI=1S/C30H44O9S/c1-4-5-30(40-22(3)32)20-29(39)19-18-28(38)17-16-27(37)15-14-26(36)13-12-25(35)11-10-24(34)9-8-23(33)7-6-21(2)31/h30H,4-20H2,1-3H3. The largest absolute Gasteiger partial charge is 0.300 e. The third-order valence-electron chi connectivity index (χ3n) is 6.25. The average Bonchev–Trinajstić information content (AvgIpc) is 2.88. The van der Waals surface area contributed by atoms with Crippen molar-refractivity contribution in [3.63, 3.8) is 0 Å². The number of rotatable bonds is 26. The molecule has 9 nitrogen and oxygen atoms in total. The maximum atomic E-state index is 12.2. The molecule has 0 spiro atoms. The van der Waals surface area contributed by atoms with E-state index in [4.69, 9.17) is 0 Å². The number of carbonyl (C=O) groups excluding carboxylic acids is 9. The topological polar surface area (TPSA) is 154 Å². The fourth-order valence-corrected chi connectivity index (χ4v) is 4.95. The lowest BCUT2D eigenvalue weighted by Gasteiger charge is -2.12. The van der Waals surface area contributed by atoms with Gasteiger partial charge < -0.3 is 4.79 Å². The van der Waals surface area contributed by atoms with Crippen LogP contribution in [-0.4, -0.2) is 56.6 Å². The van der Waals surface area contributed by atoms with E-state index in [-0.39, 0.29) is 153 Å². The predicted octanol–water partition coefficient (Wildman–Crippen LogP) is 4.86. The molecule has 0 N–H and O–H groups in total. The van der Waals surface area contributed by atoms with Gasteiger partial charge in [-0.05, 0) is 13.3 Å². The number of Topliss-reactive ketones (excluding diaryl/α,β-unsaturated/α-hetero) is 8. The zero-order chi connectivity index (χ0) is 30.5. The van der Waals surface area contributed by atoms with E-state index in [0.29, 0.717) is 0 Å². The summed E-state index contributed by atoms with van der Waals surface area (Å²) < 4.78 is 0. The lowest BCUT2D eigenvalue weighted by atomic mass is 10.00. The number of carbonyl (C=O) groups is 9. The summed E-state index contributed by atoms with van der Waals surface area (Å²) in [5.41, 5.74) is 0. The third-order valence-corrected chi connectivity index (χ3v) is 7.32. The Bertz CT molecular complexity index is 935. The fraction of sp³-hybridized carbons (Fsp3) is 0.700. The molecule has 0 fully saturated rings. The molecule has 224 valence electrons. The van der Waals surface area contributed by atoms with Gasteiger partial charge in [-0.25, -0.2) is 0 Å². The Kier molecular flexibility index (Phi) is 20.7. The molecule has 1 atom stereocenters. The molecule has 0 bridgehead atoms. The van der Waals surface area contributed by atoms with Crippen molar-refractivity contribution in [3.8, 4) is 0 Å². The first kappa shape index (κ1) is 37.4. The van der Waals surface area contributed by atoms with Gasteiger partial charge in [-0.3, -0.25) is 38.4 Å². The van der Waals surface area contributed by atoms with Crippen molar-refractivity contribution in [1.29, 1.82) is 0 Å². The van der Waals surface area contributed by atoms with Crippen LogP contribution >= 0.6 is 11.8 Å². The Morgan fingerprint density at radius 2 is 0.725 bits per heavy atom. The van der Waals surface area contributed by atoms with Gasteiger partial charge in [0.1, 0.15) is 46.3 Å². The van der Waals surface area contributed by atoms with Gasteiger partial charge in [0, 0.05) is 108 Å². The number of ketones is 8. The van der Waals surface area contributed by atoms with Crippen molar-refractivity contribution in [2.24, 2.45) is 0 Å². The van der Waals surface area contributed by atoms with Gasteiger partial charge in [-0.15, -0.1) is 0 Å². The zero-order valence-electron chi connectivity index (χ0n) is 24.2. The van der Waals surface area contributed by atoms with Crippen molar-refractivity contribution in [2.75, 3.05) is 0 Å². The molecule has 0 aromatic rings. The Hall–Kier alpha value is -2.62. The predicted molar refractivity (Wildman–Crippen MR) is 152 cm³/mol. The minimum absolute atomic E-state index is 0.00181. The van der Waals surface area contributed by atoms with Gasteiger partial charge in [0.25, 0.3) is 0 Å². The van der Waals surface area contributed by atoms with Crippen molar-refractivity contribution in [2.45, 2.75) is 135 Å². The summed E-state index contributed by atoms with van der Waals surface area (Å²) in [6.45, 7) is 4.84. The Morgan fingerprint density at radius 3 is 0.975 bits per heavy atom. The Labute approximate surface area is 241 Å². The SMILES string of the molecule is CCCC(CC(=O)CCC(=O)CCC(=O)CCC(=O)CCC(=O)CCC(=O)CCC(=O)CCC(C)=O)SC(C)=O. The third kappa shape index (κ3) is 22.2. The van der Waals surface area contributed by atoms with E-state index < -0.39 is 0 Å². The molecule has 0 aliphatic carbocycles. The van der Waals surface area contributed by atoms with E-state index in [1.165, 1.54) is 13.8 Å². The van der Waals surface area contributed by atoms with Crippen LogP contribution in [0.2, 0.25) is 0 Å². The minimum atomic E-state index is -0.244. The molecule has 0 radical (unpaired) electrons. The molecule has 0 aromatic heterocycles. The van der Waals surface area contributed by atoms with Gasteiger partial charge in [-0.1, -0.05) is 25.1 Å². The van der Waals surface area contributed by atoms with Crippen LogP contribution in [-0.2, 0) is 43.2 Å². The van der Waals surface area contributed by atoms with Crippen molar-refractivity contribution < 1.29 is 43.2 Å². The molecular weight excluding hydrogens is 536 g/mol. The first-order valence-corrected chi connectivity index (χ1v) is 15.0. The van der Waals surface area contributed by atoms with Crippen LogP contribution in [0.5, 0.6) is 0 Å². The van der Waals surface area contributed by atoms with E-state index in [9.17, 15) is 43.2 Å². The number of thioether (sulfide) groups is 1. The van der Waals surface area contributed by atoms with Gasteiger partial charge in [0.15, 0.2) is 5.12 Å². The molecule has 40 heavy (non-hydrogen) atoms. The van der Waals surface area contributed by atoms with Crippen LogP contribution in [0, 0.1) is 0 Å². The van der Waals surface area contributed by atoms with Crippen molar-refractivity contribution >= 4 is 63.1 Å².